The molecule has 31 heavy (non-hydrogen) atoms. The zero-order chi connectivity index (χ0) is 22.0. The Kier molecular flexibility index (Phi) is 5.60. The summed E-state index contributed by atoms with van der Waals surface area (Å²) in [5, 5.41) is 20.3. The van der Waals surface area contributed by atoms with Crippen molar-refractivity contribution >= 4 is 40.0 Å². The molecular formula is C25H18ClNO4. The van der Waals surface area contributed by atoms with Gasteiger partial charge in [-0.15, -0.1) is 0 Å². The molecule has 2 N–H and O–H groups in total. The van der Waals surface area contributed by atoms with Crippen molar-refractivity contribution in [3.05, 3.63) is 101 Å². The molecule has 0 saturated heterocycles. The normalized spacial score (nSPS) is 11.6. The number of benzene rings is 3. The van der Waals surface area contributed by atoms with Gasteiger partial charge in [0.25, 0.3) is 5.78 Å². The molecule has 0 atom stereocenters. The molecule has 6 heteroatoms. The number of ketones is 1. The lowest BCUT2D eigenvalue weighted by atomic mass is 10.0. The van der Waals surface area contributed by atoms with E-state index in [0.717, 1.165) is 22.2 Å². The molecule has 154 valence electrons. The molecule has 0 aliphatic carbocycles. The van der Waals surface area contributed by atoms with Crippen molar-refractivity contribution in [1.82, 2.24) is 4.57 Å². The number of hydrogen-bond donors (Lipinski definition) is 2. The number of rotatable bonds is 6. The van der Waals surface area contributed by atoms with Gasteiger partial charge in [-0.25, -0.2) is 4.79 Å². The van der Waals surface area contributed by atoms with Crippen LogP contribution in [-0.4, -0.2) is 26.5 Å². The molecule has 0 fully saturated rings. The lowest BCUT2D eigenvalue weighted by molar-refractivity contribution is -0.146. The van der Waals surface area contributed by atoms with E-state index in [1.807, 2.05) is 41.0 Å². The van der Waals surface area contributed by atoms with Crippen LogP contribution in [0.25, 0.3) is 27.8 Å². The van der Waals surface area contributed by atoms with Gasteiger partial charge in [-0.05, 0) is 34.9 Å². The number of aliphatic carboxylic acids is 1. The number of aliphatic hydroxyl groups excluding tert-OH is 1. The van der Waals surface area contributed by atoms with Gasteiger partial charge >= 0.3 is 5.97 Å². The molecule has 0 unspecified atom stereocenters. The third-order valence-corrected chi connectivity index (χ3v) is 5.25. The van der Waals surface area contributed by atoms with Gasteiger partial charge in [0.2, 0.25) is 0 Å². The van der Waals surface area contributed by atoms with Crippen molar-refractivity contribution in [3.63, 3.8) is 0 Å². The van der Waals surface area contributed by atoms with Gasteiger partial charge in [-0.3, -0.25) is 4.79 Å². The topological polar surface area (TPSA) is 79.5 Å². The van der Waals surface area contributed by atoms with Gasteiger partial charge in [0.15, 0.2) is 0 Å². The zero-order valence-electron chi connectivity index (χ0n) is 16.3. The summed E-state index contributed by atoms with van der Waals surface area (Å²) in [5.74, 6) is -3.25. The molecule has 0 bridgehead atoms. The molecule has 0 amide bonds. The van der Waals surface area contributed by atoms with Crippen LogP contribution in [0.5, 0.6) is 0 Å². The van der Waals surface area contributed by atoms with Crippen LogP contribution in [0.3, 0.4) is 0 Å². The van der Waals surface area contributed by atoms with E-state index in [4.69, 9.17) is 16.7 Å². The van der Waals surface area contributed by atoms with Gasteiger partial charge in [-0.2, -0.15) is 0 Å². The Bertz CT molecular complexity index is 1300. The summed E-state index contributed by atoms with van der Waals surface area (Å²) in [4.78, 5) is 22.3. The van der Waals surface area contributed by atoms with Gasteiger partial charge in [-0.1, -0.05) is 66.2 Å². The third-order valence-electron chi connectivity index (χ3n) is 5.01. The van der Waals surface area contributed by atoms with E-state index in [1.165, 1.54) is 0 Å². The number of fused-ring (bicyclic) bond motifs is 1. The molecule has 0 radical (unpaired) electrons. The predicted molar refractivity (Wildman–Crippen MR) is 121 cm³/mol. The zero-order valence-corrected chi connectivity index (χ0v) is 17.1. The van der Waals surface area contributed by atoms with Crippen LogP contribution in [0.1, 0.15) is 11.1 Å². The number of carbonyl (C=O) groups excluding carboxylic acids is 1. The van der Waals surface area contributed by atoms with E-state index in [2.05, 4.69) is 24.3 Å². The highest BCUT2D eigenvalue weighted by Crippen LogP contribution is 2.30. The first-order chi connectivity index (χ1) is 14.9. The number of carbonyl (C=O) groups is 2. The molecule has 0 aliphatic heterocycles. The van der Waals surface area contributed by atoms with Crippen LogP contribution in [0.15, 0.2) is 85.1 Å². The maximum Gasteiger partial charge on any atom is 0.376 e. The van der Waals surface area contributed by atoms with E-state index in [1.54, 1.807) is 18.3 Å². The summed E-state index contributed by atoms with van der Waals surface area (Å²) in [6.45, 7) is 0.521. The highest BCUT2D eigenvalue weighted by molar-refractivity contribution is 6.38. The smallest absolute Gasteiger partial charge is 0.376 e. The fraction of sp³-hybridized carbons (Fsp3) is 0.0400. The van der Waals surface area contributed by atoms with Crippen LogP contribution in [0, 0.1) is 0 Å². The minimum absolute atomic E-state index is 0.341. The molecular weight excluding hydrogens is 414 g/mol. The van der Waals surface area contributed by atoms with Crippen molar-refractivity contribution in [2.45, 2.75) is 6.54 Å². The van der Waals surface area contributed by atoms with Crippen molar-refractivity contribution in [2.24, 2.45) is 0 Å². The summed E-state index contributed by atoms with van der Waals surface area (Å²) >= 11 is 6.13. The molecule has 4 aromatic rings. The molecule has 0 saturated carbocycles. The maximum absolute atomic E-state index is 11.5. The summed E-state index contributed by atoms with van der Waals surface area (Å²) in [6, 6.07) is 23.5. The minimum Gasteiger partial charge on any atom is -0.507 e. The second kappa shape index (κ2) is 8.50. The average molecular weight is 432 g/mol. The molecule has 1 heterocycles. The Morgan fingerprint density at radius 3 is 2.26 bits per heavy atom. The van der Waals surface area contributed by atoms with E-state index >= 15 is 0 Å². The number of hydrogen-bond acceptors (Lipinski definition) is 3. The number of aromatic nitrogens is 1. The number of nitrogens with zero attached hydrogens (tertiary/aromatic N) is 1. The summed E-state index contributed by atoms with van der Waals surface area (Å²) in [5.41, 5.74) is 4.43. The van der Waals surface area contributed by atoms with Crippen molar-refractivity contribution in [1.29, 1.82) is 0 Å². The molecule has 5 nitrogen and oxygen atoms in total. The van der Waals surface area contributed by atoms with E-state index in [-0.39, 0.29) is 0 Å². The Morgan fingerprint density at radius 1 is 0.903 bits per heavy atom. The number of halogens is 1. The number of aliphatic hydroxyl groups is 1. The Labute approximate surface area is 183 Å². The Morgan fingerprint density at radius 2 is 1.58 bits per heavy atom. The quantitative estimate of drug-likeness (QED) is 0.238. The standard InChI is InChI=1S/C25H18ClNO4/c26-19-10-11-22-20(12-19)21(23(28)13-24(29)25(30)31)15-27(22)14-16-6-8-18(9-7-16)17-4-2-1-3-5-17/h1-13,15,28H,14H2,(H,30,31). The molecule has 1 aromatic heterocycles. The molecule has 4 rings (SSSR count). The van der Waals surface area contributed by atoms with E-state index in [0.29, 0.717) is 28.6 Å². The second-order valence-corrected chi connectivity index (χ2v) is 7.53. The predicted octanol–water partition coefficient (Wildman–Crippen LogP) is 5.56. The average Bonchev–Trinajstić information content (AvgIpc) is 3.12. The molecule has 0 aliphatic rings. The molecule has 3 aromatic carbocycles. The van der Waals surface area contributed by atoms with Crippen LogP contribution in [0.2, 0.25) is 5.02 Å². The largest absolute Gasteiger partial charge is 0.507 e. The van der Waals surface area contributed by atoms with Crippen molar-refractivity contribution in [3.8, 4) is 11.1 Å². The van der Waals surface area contributed by atoms with E-state index in [9.17, 15) is 14.7 Å². The minimum atomic E-state index is -1.63. The first-order valence-corrected chi connectivity index (χ1v) is 9.91. The van der Waals surface area contributed by atoms with Gasteiger partial charge in [0, 0.05) is 40.3 Å². The first-order valence-electron chi connectivity index (χ1n) is 9.53. The van der Waals surface area contributed by atoms with Crippen LogP contribution in [0.4, 0.5) is 0 Å². The Hall–Kier alpha value is -3.83. The first kappa shape index (κ1) is 20.4. The second-order valence-electron chi connectivity index (χ2n) is 7.09. The van der Waals surface area contributed by atoms with Crippen molar-refractivity contribution in [2.75, 3.05) is 0 Å². The fourth-order valence-corrected chi connectivity index (χ4v) is 3.67. The lowest BCUT2D eigenvalue weighted by Crippen LogP contribution is -2.09. The highest BCUT2D eigenvalue weighted by atomic mass is 35.5. The monoisotopic (exact) mass is 431 g/mol. The number of carboxylic acid groups (broad SMARTS) is 1. The van der Waals surface area contributed by atoms with Gasteiger partial charge < -0.3 is 14.8 Å². The van der Waals surface area contributed by atoms with Crippen molar-refractivity contribution < 1.29 is 19.8 Å². The van der Waals surface area contributed by atoms with Crippen LogP contribution >= 0.6 is 11.6 Å². The Balaban J connectivity index is 1.70. The third kappa shape index (κ3) is 4.37. The SMILES string of the molecule is O=C(O)C(=O)C=C(O)c1cn(Cc2ccc(-c3ccccc3)cc2)c2ccc(Cl)cc12. The highest BCUT2D eigenvalue weighted by Gasteiger charge is 2.16. The summed E-state index contributed by atoms with van der Waals surface area (Å²) in [7, 11) is 0. The van der Waals surface area contributed by atoms with Crippen LogP contribution < -0.4 is 0 Å². The van der Waals surface area contributed by atoms with Gasteiger partial charge in [0.05, 0.1) is 0 Å². The number of carboxylic acids is 1. The lowest BCUT2D eigenvalue weighted by Gasteiger charge is -2.07. The fourth-order valence-electron chi connectivity index (χ4n) is 3.50. The summed E-state index contributed by atoms with van der Waals surface area (Å²) < 4.78 is 1.92. The summed E-state index contributed by atoms with van der Waals surface area (Å²) in [6.07, 6.45) is 2.39. The van der Waals surface area contributed by atoms with Crippen LogP contribution in [-0.2, 0) is 16.1 Å². The maximum atomic E-state index is 11.5. The van der Waals surface area contributed by atoms with E-state index < -0.39 is 17.5 Å². The van der Waals surface area contributed by atoms with Gasteiger partial charge in [0.1, 0.15) is 5.76 Å². The molecule has 0 spiro atoms.